The second kappa shape index (κ2) is 5.31. The molecule has 0 heterocycles. The molecule has 0 aliphatic heterocycles. The number of aliphatic hydroxyl groups is 1. The Morgan fingerprint density at radius 1 is 0.941 bits per heavy atom. The Bertz CT molecular complexity index is 393. The summed E-state index contributed by atoms with van der Waals surface area (Å²) < 4.78 is 64.3. The molecular weight excluding hydrogens is 245 g/mol. The van der Waals surface area contributed by atoms with Crippen LogP contribution >= 0.6 is 0 Å². The van der Waals surface area contributed by atoms with Crippen LogP contribution in [0.2, 0.25) is 0 Å². The van der Waals surface area contributed by atoms with Crippen molar-refractivity contribution in [2.24, 2.45) is 0 Å². The highest BCUT2D eigenvalue weighted by atomic mass is 19.2. The minimum Gasteiger partial charge on any atom is -0.393 e. The van der Waals surface area contributed by atoms with E-state index in [9.17, 15) is 22.0 Å². The van der Waals surface area contributed by atoms with Crippen molar-refractivity contribution in [1.82, 2.24) is 0 Å². The standard InChI is InChI=1S/C10H10F5NO/c1-4(17)2-3-16-10-8(14)6(12)5(11)7(13)9(10)15/h4,16-17H,2-3H2,1H3. The zero-order valence-corrected chi connectivity index (χ0v) is 8.83. The molecule has 0 saturated carbocycles. The van der Waals surface area contributed by atoms with Gasteiger partial charge in [0.15, 0.2) is 23.3 Å². The normalized spacial score (nSPS) is 12.6. The number of halogens is 5. The number of aliphatic hydroxyl groups excluding tert-OH is 1. The monoisotopic (exact) mass is 255 g/mol. The first-order valence-electron chi connectivity index (χ1n) is 4.79. The average molecular weight is 255 g/mol. The van der Waals surface area contributed by atoms with Gasteiger partial charge in [-0.2, -0.15) is 0 Å². The van der Waals surface area contributed by atoms with Gasteiger partial charge >= 0.3 is 0 Å². The van der Waals surface area contributed by atoms with Gasteiger partial charge in [-0.1, -0.05) is 0 Å². The lowest BCUT2D eigenvalue weighted by molar-refractivity contribution is 0.188. The largest absolute Gasteiger partial charge is 0.393 e. The highest BCUT2D eigenvalue weighted by molar-refractivity contribution is 5.47. The molecule has 0 bridgehead atoms. The summed E-state index contributed by atoms with van der Waals surface area (Å²) in [6.07, 6.45) is -0.636. The van der Waals surface area contributed by atoms with Gasteiger partial charge in [-0.3, -0.25) is 0 Å². The molecule has 0 fully saturated rings. The Labute approximate surface area is 94.1 Å². The molecule has 0 aliphatic rings. The molecule has 1 aromatic rings. The fourth-order valence-electron chi connectivity index (χ4n) is 1.17. The number of anilines is 1. The van der Waals surface area contributed by atoms with Crippen LogP contribution in [0.1, 0.15) is 13.3 Å². The van der Waals surface area contributed by atoms with Crippen LogP contribution in [0.3, 0.4) is 0 Å². The smallest absolute Gasteiger partial charge is 0.200 e. The Morgan fingerprint density at radius 3 is 1.76 bits per heavy atom. The van der Waals surface area contributed by atoms with Gasteiger partial charge < -0.3 is 10.4 Å². The molecule has 0 amide bonds. The van der Waals surface area contributed by atoms with Crippen LogP contribution in [0.15, 0.2) is 0 Å². The Balaban J connectivity index is 2.99. The quantitative estimate of drug-likeness (QED) is 0.492. The molecule has 2 nitrogen and oxygen atoms in total. The zero-order chi connectivity index (χ0) is 13.2. The SMILES string of the molecule is CC(O)CCNc1c(F)c(F)c(F)c(F)c1F. The number of nitrogens with one attached hydrogen (secondary N) is 1. The lowest BCUT2D eigenvalue weighted by atomic mass is 10.2. The number of benzene rings is 1. The number of hydrogen-bond acceptors (Lipinski definition) is 2. The Kier molecular flexibility index (Phi) is 4.28. The van der Waals surface area contributed by atoms with E-state index in [1.807, 2.05) is 0 Å². The minimum atomic E-state index is -2.19. The molecule has 96 valence electrons. The zero-order valence-electron chi connectivity index (χ0n) is 8.83. The summed E-state index contributed by atoms with van der Waals surface area (Å²) in [4.78, 5) is 0. The molecule has 1 unspecified atom stereocenters. The molecule has 1 atom stereocenters. The maximum Gasteiger partial charge on any atom is 0.200 e. The molecule has 0 saturated heterocycles. The van der Waals surface area contributed by atoms with Crippen LogP contribution in [0.5, 0.6) is 0 Å². The predicted octanol–water partition coefficient (Wildman–Crippen LogP) is 2.56. The van der Waals surface area contributed by atoms with Gasteiger partial charge in [-0.15, -0.1) is 0 Å². The minimum absolute atomic E-state index is 0.111. The van der Waals surface area contributed by atoms with Crippen molar-refractivity contribution in [2.45, 2.75) is 19.4 Å². The van der Waals surface area contributed by atoms with Crippen LogP contribution in [-0.4, -0.2) is 17.8 Å². The van der Waals surface area contributed by atoms with Gasteiger partial charge in [-0.25, -0.2) is 22.0 Å². The molecule has 2 N–H and O–H groups in total. The first-order chi connectivity index (χ1) is 7.86. The van der Waals surface area contributed by atoms with E-state index in [2.05, 4.69) is 5.32 Å². The topological polar surface area (TPSA) is 32.3 Å². The molecule has 7 heteroatoms. The van der Waals surface area contributed by atoms with Gasteiger partial charge in [0.25, 0.3) is 0 Å². The number of hydrogen-bond donors (Lipinski definition) is 2. The van der Waals surface area contributed by atoms with Gasteiger partial charge in [-0.05, 0) is 13.3 Å². The summed E-state index contributed by atoms with van der Waals surface area (Å²) in [6.45, 7) is 1.32. The molecule has 1 aromatic carbocycles. The van der Waals surface area contributed by atoms with Crippen LogP contribution in [0.25, 0.3) is 0 Å². The van der Waals surface area contributed by atoms with Gasteiger partial charge in [0.1, 0.15) is 5.69 Å². The van der Waals surface area contributed by atoms with E-state index in [4.69, 9.17) is 5.11 Å². The van der Waals surface area contributed by atoms with Crippen molar-refractivity contribution < 1.29 is 27.1 Å². The summed E-state index contributed by atoms with van der Waals surface area (Å²) >= 11 is 0. The third-order valence-electron chi connectivity index (χ3n) is 2.07. The van der Waals surface area contributed by atoms with Gasteiger partial charge in [0, 0.05) is 6.54 Å². The molecule has 17 heavy (non-hydrogen) atoms. The van der Waals surface area contributed by atoms with Crippen molar-refractivity contribution in [3.63, 3.8) is 0 Å². The van der Waals surface area contributed by atoms with E-state index in [0.717, 1.165) is 0 Å². The molecule has 1 rings (SSSR count). The molecule has 0 aromatic heterocycles. The third-order valence-corrected chi connectivity index (χ3v) is 2.07. The van der Waals surface area contributed by atoms with E-state index < -0.39 is 40.9 Å². The summed E-state index contributed by atoms with van der Waals surface area (Å²) in [5, 5.41) is 11.0. The highest BCUT2D eigenvalue weighted by Gasteiger charge is 2.25. The second-order valence-corrected chi connectivity index (χ2v) is 3.51. The molecule has 0 spiro atoms. The van der Waals surface area contributed by atoms with Crippen molar-refractivity contribution in [3.05, 3.63) is 29.1 Å². The first kappa shape index (κ1) is 13.7. The molecular formula is C10H10F5NO. The van der Waals surface area contributed by atoms with Crippen LogP contribution in [0.4, 0.5) is 27.6 Å². The van der Waals surface area contributed by atoms with Crippen LogP contribution in [0, 0.1) is 29.1 Å². The van der Waals surface area contributed by atoms with E-state index in [1.165, 1.54) is 6.92 Å². The maximum absolute atomic E-state index is 13.1. The van der Waals surface area contributed by atoms with E-state index in [-0.39, 0.29) is 13.0 Å². The summed E-state index contributed by atoms with van der Waals surface area (Å²) in [5.41, 5.74) is -1.08. The van der Waals surface area contributed by atoms with Crippen LogP contribution < -0.4 is 5.32 Å². The lowest BCUT2D eigenvalue weighted by Crippen LogP contribution is -2.14. The maximum atomic E-state index is 13.1. The Morgan fingerprint density at radius 2 is 1.35 bits per heavy atom. The molecule has 0 aliphatic carbocycles. The van der Waals surface area contributed by atoms with E-state index in [0.29, 0.717) is 0 Å². The number of rotatable bonds is 4. The second-order valence-electron chi connectivity index (χ2n) is 3.51. The third kappa shape index (κ3) is 2.85. The predicted molar refractivity (Wildman–Crippen MR) is 51.0 cm³/mol. The average Bonchev–Trinajstić information content (AvgIpc) is 2.28. The fourth-order valence-corrected chi connectivity index (χ4v) is 1.17. The Hall–Kier alpha value is -1.37. The van der Waals surface area contributed by atoms with Gasteiger partial charge in [0.05, 0.1) is 6.10 Å². The van der Waals surface area contributed by atoms with E-state index >= 15 is 0 Å². The van der Waals surface area contributed by atoms with Gasteiger partial charge in [0.2, 0.25) is 5.82 Å². The van der Waals surface area contributed by atoms with E-state index in [1.54, 1.807) is 0 Å². The summed E-state index contributed by atoms with van der Waals surface area (Å²) in [6, 6.07) is 0. The molecule has 0 radical (unpaired) electrons. The first-order valence-corrected chi connectivity index (χ1v) is 4.79. The fraction of sp³-hybridized carbons (Fsp3) is 0.400. The van der Waals surface area contributed by atoms with Crippen molar-refractivity contribution in [2.75, 3.05) is 11.9 Å². The highest BCUT2D eigenvalue weighted by Crippen LogP contribution is 2.26. The summed E-state index contributed by atoms with van der Waals surface area (Å²) in [7, 11) is 0. The van der Waals surface area contributed by atoms with Crippen molar-refractivity contribution >= 4 is 5.69 Å². The van der Waals surface area contributed by atoms with Crippen molar-refractivity contribution in [1.29, 1.82) is 0 Å². The van der Waals surface area contributed by atoms with Crippen molar-refractivity contribution in [3.8, 4) is 0 Å². The summed E-state index contributed by atoms with van der Waals surface area (Å²) in [5.74, 6) is -10.0. The van der Waals surface area contributed by atoms with Crippen LogP contribution in [-0.2, 0) is 0 Å². The lowest BCUT2D eigenvalue weighted by Gasteiger charge is -2.11.